The maximum atomic E-state index is 14.4. The third-order valence-corrected chi connectivity index (χ3v) is 4.96. The Kier molecular flexibility index (Phi) is 7.89. The number of anilines is 2. The number of carbonyl (C=O) groups is 1. The number of hydrogen-bond donors (Lipinski definition) is 3. The third kappa shape index (κ3) is 6.23. The van der Waals surface area contributed by atoms with Crippen molar-refractivity contribution < 1.29 is 36.6 Å². The van der Waals surface area contributed by atoms with Crippen LogP contribution in [-0.4, -0.2) is 69.7 Å². The lowest BCUT2D eigenvalue weighted by atomic mass is 10.1. The predicted octanol–water partition coefficient (Wildman–Crippen LogP) is 2.37. The zero-order chi connectivity index (χ0) is 25.8. The van der Waals surface area contributed by atoms with Gasteiger partial charge < -0.3 is 25.8 Å². The Morgan fingerprint density at radius 1 is 1.37 bits per heavy atom. The monoisotopic (exact) mass is 503 g/mol. The molecule has 4 rings (SSSR count). The molecule has 1 aliphatic heterocycles. The molecule has 0 bridgehead atoms. The Morgan fingerprint density at radius 2 is 2.09 bits per heavy atom. The van der Waals surface area contributed by atoms with Crippen LogP contribution in [0.2, 0.25) is 0 Å². The van der Waals surface area contributed by atoms with E-state index in [1.54, 1.807) is 28.7 Å². The number of fused-ring (bicyclic) bond motifs is 1. The molecule has 10 nitrogen and oxygen atoms in total. The molecule has 0 radical (unpaired) electrons. The molecule has 3 aromatic rings. The Labute approximate surface area is 195 Å². The number of alkyl halides is 4. The number of likely N-dealkylation sites (N-methyl/N-ethyl adjacent to an activating group) is 1. The highest BCUT2D eigenvalue weighted by Gasteiger charge is 2.38. The number of nitrogens with one attached hydrogen (secondary N) is 1. The van der Waals surface area contributed by atoms with Crippen molar-refractivity contribution in [3.63, 3.8) is 0 Å². The van der Waals surface area contributed by atoms with Crippen molar-refractivity contribution in [2.45, 2.75) is 24.8 Å². The minimum Gasteiger partial charge on any atom is -0.476 e. The molecule has 0 aliphatic carbocycles. The molecule has 35 heavy (non-hydrogen) atoms. The van der Waals surface area contributed by atoms with Crippen LogP contribution in [0, 0.1) is 5.82 Å². The van der Waals surface area contributed by atoms with Crippen LogP contribution >= 0.6 is 0 Å². The highest BCUT2D eigenvalue weighted by Crippen LogP contribution is 2.40. The highest BCUT2D eigenvalue weighted by molar-refractivity contribution is 5.73. The number of aliphatic carboxylic acids is 1. The van der Waals surface area contributed by atoms with Gasteiger partial charge in [0.1, 0.15) is 24.4 Å². The van der Waals surface area contributed by atoms with Crippen molar-refractivity contribution in [1.82, 2.24) is 24.9 Å². The van der Waals surface area contributed by atoms with E-state index in [1.165, 1.54) is 12.3 Å². The molecule has 0 saturated carbocycles. The van der Waals surface area contributed by atoms with Crippen molar-refractivity contribution in [2.75, 3.05) is 37.4 Å². The molecule has 0 amide bonds. The molecule has 0 unspecified atom stereocenters. The van der Waals surface area contributed by atoms with E-state index in [1.807, 2.05) is 0 Å². The zero-order valence-corrected chi connectivity index (χ0v) is 18.3. The maximum Gasteiger partial charge on any atom is 0.490 e. The Balaban J connectivity index is 0.000000429. The summed E-state index contributed by atoms with van der Waals surface area (Å²) in [5.74, 6) is -2.42. The predicted molar refractivity (Wildman–Crippen MR) is 114 cm³/mol. The summed E-state index contributed by atoms with van der Waals surface area (Å²) in [5.41, 5.74) is 7.32. The van der Waals surface area contributed by atoms with Crippen molar-refractivity contribution in [3.05, 3.63) is 42.1 Å². The zero-order valence-electron chi connectivity index (χ0n) is 18.3. The van der Waals surface area contributed by atoms with E-state index in [0.29, 0.717) is 41.7 Å². The number of nitrogens with two attached hydrogens (primary N) is 1. The number of nitrogens with zero attached hydrogens (tertiary/aromatic N) is 5. The van der Waals surface area contributed by atoms with Crippen LogP contribution in [0.3, 0.4) is 0 Å². The van der Waals surface area contributed by atoms with Crippen LogP contribution in [0.5, 0.6) is 5.88 Å². The summed E-state index contributed by atoms with van der Waals surface area (Å²) in [6, 6.07) is 2.63. The number of ether oxygens (including phenoxy) is 1. The van der Waals surface area contributed by atoms with E-state index in [2.05, 4.69) is 20.4 Å². The SMILES string of the molecule is CNCCOc1ncc(F)cc1[C@H]1C[C@H](F)CN1c1ccn2ncc(N)c2n1.O=C(O)C(F)(F)F. The van der Waals surface area contributed by atoms with Crippen LogP contribution in [0.25, 0.3) is 5.65 Å². The van der Waals surface area contributed by atoms with Gasteiger partial charge in [-0.15, -0.1) is 0 Å². The Morgan fingerprint density at radius 3 is 2.74 bits per heavy atom. The molecule has 0 aromatic carbocycles. The first-order valence-electron chi connectivity index (χ1n) is 10.2. The lowest BCUT2D eigenvalue weighted by molar-refractivity contribution is -0.192. The molecular formula is C20H22F5N7O3. The van der Waals surface area contributed by atoms with Crippen LogP contribution < -0.4 is 20.7 Å². The lowest BCUT2D eigenvalue weighted by Crippen LogP contribution is -2.26. The van der Waals surface area contributed by atoms with E-state index >= 15 is 0 Å². The number of carboxylic acids is 1. The first-order chi connectivity index (χ1) is 16.5. The van der Waals surface area contributed by atoms with Gasteiger partial charge >= 0.3 is 12.1 Å². The van der Waals surface area contributed by atoms with Gasteiger partial charge in [0.15, 0.2) is 5.65 Å². The van der Waals surface area contributed by atoms with Gasteiger partial charge in [-0.25, -0.2) is 28.1 Å². The first-order valence-corrected chi connectivity index (χ1v) is 10.2. The molecule has 1 aliphatic rings. The average molecular weight is 503 g/mol. The summed E-state index contributed by atoms with van der Waals surface area (Å²) in [5, 5.41) is 14.2. The fourth-order valence-electron chi connectivity index (χ4n) is 3.42. The van der Waals surface area contributed by atoms with Crippen LogP contribution in [0.4, 0.5) is 33.5 Å². The number of carboxylic acid groups (broad SMARTS) is 1. The summed E-state index contributed by atoms with van der Waals surface area (Å²) in [7, 11) is 1.80. The van der Waals surface area contributed by atoms with Gasteiger partial charge in [0.25, 0.3) is 0 Å². The highest BCUT2D eigenvalue weighted by atomic mass is 19.4. The lowest BCUT2D eigenvalue weighted by Gasteiger charge is -2.26. The molecule has 3 aromatic heterocycles. The van der Waals surface area contributed by atoms with E-state index < -0.39 is 30.2 Å². The van der Waals surface area contributed by atoms with Crippen LogP contribution in [0.15, 0.2) is 30.7 Å². The molecule has 190 valence electrons. The fraction of sp³-hybridized carbons (Fsp3) is 0.400. The van der Waals surface area contributed by atoms with Crippen molar-refractivity contribution in [1.29, 1.82) is 0 Å². The second-order valence-corrected chi connectivity index (χ2v) is 7.46. The van der Waals surface area contributed by atoms with Gasteiger partial charge in [-0.2, -0.15) is 18.3 Å². The number of pyridine rings is 1. The summed E-state index contributed by atoms with van der Waals surface area (Å²) in [6.07, 6.45) is -1.66. The van der Waals surface area contributed by atoms with Crippen molar-refractivity contribution >= 4 is 23.1 Å². The van der Waals surface area contributed by atoms with Gasteiger partial charge in [-0.05, 0) is 19.2 Å². The molecule has 4 heterocycles. The normalized spacial score (nSPS) is 17.8. The fourth-order valence-corrected chi connectivity index (χ4v) is 3.42. The topological polar surface area (TPSA) is 131 Å². The molecule has 0 spiro atoms. The third-order valence-electron chi connectivity index (χ3n) is 4.96. The van der Waals surface area contributed by atoms with Crippen LogP contribution in [-0.2, 0) is 4.79 Å². The van der Waals surface area contributed by atoms with Crippen LogP contribution in [0.1, 0.15) is 18.0 Å². The van der Waals surface area contributed by atoms with E-state index in [0.717, 1.165) is 6.20 Å². The second-order valence-electron chi connectivity index (χ2n) is 7.46. The average Bonchev–Trinajstić information content (AvgIpc) is 3.37. The van der Waals surface area contributed by atoms with Gasteiger partial charge in [-0.1, -0.05) is 0 Å². The quantitative estimate of drug-likeness (QED) is 0.343. The van der Waals surface area contributed by atoms with E-state index in [4.69, 9.17) is 20.4 Å². The minimum atomic E-state index is -5.08. The largest absolute Gasteiger partial charge is 0.490 e. The molecular weight excluding hydrogens is 481 g/mol. The Hall–Kier alpha value is -3.75. The van der Waals surface area contributed by atoms with Gasteiger partial charge in [0.05, 0.1) is 30.7 Å². The van der Waals surface area contributed by atoms with E-state index in [9.17, 15) is 22.0 Å². The maximum absolute atomic E-state index is 14.4. The number of hydrogen-bond acceptors (Lipinski definition) is 8. The molecule has 1 fully saturated rings. The van der Waals surface area contributed by atoms with Crippen molar-refractivity contribution in [2.24, 2.45) is 0 Å². The number of nitrogen functional groups attached to an aromatic ring is 1. The summed E-state index contributed by atoms with van der Waals surface area (Å²) < 4.78 is 67.3. The van der Waals surface area contributed by atoms with Gasteiger partial charge in [0, 0.05) is 24.7 Å². The van der Waals surface area contributed by atoms with Gasteiger partial charge in [-0.3, -0.25) is 0 Å². The minimum absolute atomic E-state index is 0.133. The van der Waals surface area contributed by atoms with E-state index in [-0.39, 0.29) is 13.0 Å². The Bertz CT molecular complexity index is 1170. The number of halogens is 5. The molecule has 4 N–H and O–H groups in total. The first kappa shape index (κ1) is 25.9. The van der Waals surface area contributed by atoms with Crippen molar-refractivity contribution in [3.8, 4) is 5.88 Å². The molecule has 15 heteroatoms. The summed E-state index contributed by atoms with van der Waals surface area (Å²) in [6.45, 7) is 1.11. The molecule has 2 atom stereocenters. The number of rotatable bonds is 6. The summed E-state index contributed by atoms with van der Waals surface area (Å²) >= 11 is 0. The summed E-state index contributed by atoms with van der Waals surface area (Å²) in [4.78, 5) is 19.3. The number of aromatic nitrogens is 4. The van der Waals surface area contributed by atoms with Gasteiger partial charge in [0.2, 0.25) is 5.88 Å². The standard InChI is InChI=1S/C18H21F2N7O.C2HF3O2/c1-22-3-5-28-18-13(6-11(19)8-23-18)15-7-12(20)10-26(15)16-2-4-27-17(25-16)14(21)9-24-27;3-2(4,5)1(6)7/h2,4,6,8-9,12,15,22H,3,5,7,10,21H2,1H3;(H,6,7)/t12-,15+;/m0./s1. The second kappa shape index (κ2) is 10.7. The smallest absolute Gasteiger partial charge is 0.476 e. The molecule has 1 saturated heterocycles.